The van der Waals surface area contributed by atoms with Gasteiger partial charge in [-0.3, -0.25) is 4.79 Å². The van der Waals surface area contributed by atoms with Crippen LogP contribution in [-0.2, 0) is 4.79 Å². The third-order valence-corrected chi connectivity index (χ3v) is 1.50. The lowest BCUT2D eigenvalue weighted by Gasteiger charge is -2.12. The van der Waals surface area contributed by atoms with Crippen LogP contribution in [0.25, 0.3) is 0 Å². The fraction of sp³-hybridized carbons (Fsp3) is 0.833. The van der Waals surface area contributed by atoms with Crippen molar-refractivity contribution < 1.29 is 9.90 Å². The number of rotatable bonds is 4. The summed E-state index contributed by atoms with van der Waals surface area (Å²) in [5.74, 6) is -0.244. The summed E-state index contributed by atoms with van der Waals surface area (Å²) in [5, 5.41) is 11.2. The minimum atomic E-state index is -1.17. The van der Waals surface area contributed by atoms with Gasteiger partial charge in [0.05, 0.1) is 0 Å². The first-order valence-corrected chi connectivity index (χ1v) is 4.20. The fourth-order valence-electron chi connectivity index (χ4n) is 0.527. The van der Waals surface area contributed by atoms with Crippen LogP contribution in [0.3, 0.4) is 0 Å². The average molecular weight is 200 g/mol. The largest absolute Gasteiger partial charge is 0.371 e. The second-order valence-corrected chi connectivity index (χ2v) is 3.26. The molecule has 0 fully saturated rings. The molecule has 3 nitrogen and oxygen atoms in total. The van der Waals surface area contributed by atoms with Gasteiger partial charge >= 0.3 is 0 Å². The van der Waals surface area contributed by atoms with Gasteiger partial charge in [-0.2, -0.15) is 0 Å². The maximum atomic E-state index is 10.8. The van der Waals surface area contributed by atoms with Crippen LogP contribution in [0.15, 0.2) is 0 Å². The molecule has 0 aliphatic carbocycles. The average Bonchev–Trinajstić information content (AvgIpc) is 1.87. The Kier molecular flexibility index (Phi) is 5.64. The number of aliphatic hydroxyl groups excluding tert-OH is 1. The van der Waals surface area contributed by atoms with Crippen LogP contribution in [0.4, 0.5) is 0 Å². The zero-order chi connectivity index (χ0) is 8.85. The van der Waals surface area contributed by atoms with Crippen LogP contribution in [0.5, 0.6) is 0 Å². The second-order valence-electron chi connectivity index (χ2n) is 2.10. The Hall–Kier alpha value is 0.01000. The summed E-state index contributed by atoms with van der Waals surface area (Å²) in [6, 6.07) is 0. The van der Waals surface area contributed by atoms with Crippen molar-refractivity contribution in [1.82, 2.24) is 5.32 Å². The Balaban J connectivity index is 3.57. The van der Waals surface area contributed by atoms with E-state index >= 15 is 0 Å². The molecule has 0 heterocycles. The van der Waals surface area contributed by atoms with Crippen molar-refractivity contribution in [3.63, 3.8) is 0 Å². The third-order valence-electron chi connectivity index (χ3n) is 1.02. The van der Waals surface area contributed by atoms with Gasteiger partial charge in [0, 0.05) is 6.42 Å². The molecule has 0 spiro atoms. The highest BCUT2D eigenvalue weighted by molar-refractivity contribution is 6.44. The van der Waals surface area contributed by atoms with Crippen LogP contribution in [-0.4, -0.2) is 22.1 Å². The SMILES string of the molecule is CCCC(=O)NC(O)C(Cl)Cl. The molecule has 5 heteroatoms. The molecule has 66 valence electrons. The Bertz CT molecular complexity index is 130. The highest BCUT2D eigenvalue weighted by atomic mass is 35.5. The normalized spacial score (nSPS) is 13.2. The van der Waals surface area contributed by atoms with Crippen molar-refractivity contribution >= 4 is 29.1 Å². The monoisotopic (exact) mass is 199 g/mol. The maximum Gasteiger partial charge on any atom is 0.222 e. The van der Waals surface area contributed by atoms with Crippen LogP contribution in [0, 0.1) is 0 Å². The Labute approximate surface area is 75.7 Å². The van der Waals surface area contributed by atoms with Crippen molar-refractivity contribution in [2.24, 2.45) is 0 Å². The number of hydrogen-bond acceptors (Lipinski definition) is 2. The van der Waals surface area contributed by atoms with Crippen molar-refractivity contribution in [3.05, 3.63) is 0 Å². The number of hydrogen-bond donors (Lipinski definition) is 2. The lowest BCUT2D eigenvalue weighted by molar-refractivity contribution is -0.123. The van der Waals surface area contributed by atoms with E-state index in [2.05, 4.69) is 5.32 Å². The van der Waals surface area contributed by atoms with E-state index in [0.29, 0.717) is 6.42 Å². The zero-order valence-electron chi connectivity index (χ0n) is 6.18. The highest BCUT2D eigenvalue weighted by Gasteiger charge is 2.14. The number of alkyl halides is 2. The van der Waals surface area contributed by atoms with Gasteiger partial charge in [0.2, 0.25) is 5.91 Å². The molecule has 0 aromatic carbocycles. The first kappa shape index (κ1) is 11.0. The summed E-state index contributed by atoms with van der Waals surface area (Å²) in [7, 11) is 0. The van der Waals surface area contributed by atoms with Crippen LogP contribution in [0.1, 0.15) is 19.8 Å². The van der Waals surface area contributed by atoms with Gasteiger partial charge in [-0.25, -0.2) is 0 Å². The van der Waals surface area contributed by atoms with Crippen molar-refractivity contribution in [2.45, 2.75) is 30.8 Å². The Morgan fingerprint density at radius 3 is 2.55 bits per heavy atom. The molecule has 0 rings (SSSR count). The number of aliphatic hydroxyl groups is 1. The van der Waals surface area contributed by atoms with Gasteiger partial charge in [-0.1, -0.05) is 6.92 Å². The van der Waals surface area contributed by atoms with Gasteiger partial charge in [0.15, 0.2) is 11.1 Å². The Morgan fingerprint density at radius 1 is 1.64 bits per heavy atom. The molecule has 0 radical (unpaired) electrons. The molecule has 0 aliphatic rings. The first-order valence-electron chi connectivity index (χ1n) is 3.33. The summed E-state index contributed by atoms with van der Waals surface area (Å²) in [6.45, 7) is 1.87. The molecule has 2 N–H and O–H groups in total. The first-order chi connectivity index (χ1) is 5.07. The van der Waals surface area contributed by atoms with Gasteiger partial charge in [0.25, 0.3) is 0 Å². The highest BCUT2D eigenvalue weighted by Crippen LogP contribution is 2.05. The van der Waals surface area contributed by atoms with E-state index in [9.17, 15) is 4.79 Å². The summed E-state index contributed by atoms with van der Waals surface area (Å²) in [5.41, 5.74) is 0. The van der Waals surface area contributed by atoms with Gasteiger partial charge in [-0.05, 0) is 6.42 Å². The second kappa shape index (κ2) is 5.63. The smallest absolute Gasteiger partial charge is 0.222 e. The van der Waals surface area contributed by atoms with E-state index in [1.54, 1.807) is 0 Å². The van der Waals surface area contributed by atoms with Crippen LogP contribution in [0.2, 0.25) is 0 Å². The summed E-state index contributed by atoms with van der Waals surface area (Å²) in [6.07, 6.45) is -0.0666. The fourth-order valence-corrected chi connectivity index (χ4v) is 0.653. The molecule has 0 aromatic rings. The standard InChI is InChI=1S/C6H11Cl2NO2/c1-2-3-4(10)9-6(11)5(7)8/h5-6,11H,2-3H2,1H3,(H,9,10). The Morgan fingerprint density at radius 2 is 2.18 bits per heavy atom. The van der Waals surface area contributed by atoms with E-state index in [1.165, 1.54) is 0 Å². The molecular weight excluding hydrogens is 189 g/mol. The quantitative estimate of drug-likeness (QED) is 0.525. The topological polar surface area (TPSA) is 49.3 Å². The lowest BCUT2D eigenvalue weighted by Crippen LogP contribution is -2.38. The molecule has 0 saturated heterocycles. The summed E-state index contributed by atoms with van der Waals surface area (Å²) >= 11 is 10.5. The zero-order valence-corrected chi connectivity index (χ0v) is 7.69. The summed E-state index contributed by atoms with van der Waals surface area (Å²) in [4.78, 5) is 9.79. The maximum absolute atomic E-state index is 10.8. The van der Waals surface area contributed by atoms with E-state index in [0.717, 1.165) is 6.42 Å². The molecule has 1 atom stereocenters. The molecule has 0 saturated carbocycles. The molecule has 0 bridgehead atoms. The number of amides is 1. The van der Waals surface area contributed by atoms with Gasteiger partial charge < -0.3 is 10.4 Å². The predicted octanol–water partition coefficient (Wildman–Crippen LogP) is 1.02. The number of carbonyl (C=O) groups excluding carboxylic acids is 1. The van der Waals surface area contributed by atoms with E-state index < -0.39 is 11.1 Å². The van der Waals surface area contributed by atoms with E-state index in [4.69, 9.17) is 28.3 Å². The van der Waals surface area contributed by atoms with Crippen molar-refractivity contribution in [1.29, 1.82) is 0 Å². The molecule has 0 aromatic heterocycles. The van der Waals surface area contributed by atoms with E-state index in [-0.39, 0.29) is 5.91 Å². The molecule has 11 heavy (non-hydrogen) atoms. The van der Waals surface area contributed by atoms with Crippen LogP contribution >= 0.6 is 23.2 Å². The number of carbonyl (C=O) groups is 1. The number of nitrogens with one attached hydrogen (secondary N) is 1. The molecule has 0 aliphatic heterocycles. The third kappa shape index (κ3) is 5.30. The number of halogens is 2. The van der Waals surface area contributed by atoms with E-state index in [1.807, 2.05) is 6.92 Å². The molecular formula is C6H11Cl2NO2. The van der Waals surface area contributed by atoms with Crippen LogP contribution < -0.4 is 5.32 Å². The molecule has 1 unspecified atom stereocenters. The van der Waals surface area contributed by atoms with Gasteiger partial charge in [-0.15, -0.1) is 23.2 Å². The van der Waals surface area contributed by atoms with Gasteiger partial charge in [0.1, 0.15) is 0 Å². The lowest BCUT2D eigenvalue weighted by atomic mass is 10.3. The minimum absolute atomic E-state index is 0.244. The summed E-state index contributed by atoms with van der Waals surface area (Å²) < 4.78 is 0. The van der Waals surface area contributed by atoms with Crippen molar-refractivity contribution in [3.8, 4) is 0 Å². The van der Waals surface area contributed by atoms with Crippen molar-refractivity contribution in [2.75, 3.05) is 0 Å². The minimum Gasteiger partial charge on any atom is -0.371 e. The predicted molar refractivity (Wildman–Crippen MR) is 44.6 cm³/mol. The molecule has 1 amide bonds.